The van der Waals surface area contributed by atoms with E-state index in [9.17, 15) is 4.79 Å². The number of rotatable bonds is 2. The summed E-state index contributed by atoms with van der Waals surface area (Å²) < 4.78 is 0. The van der Waals surface area contributed by atoms with Crippen molar-refractivity contribution in [1.29, 1.82) is 0 Å². The first-order valence-corrected chi connectivity index (χ1v) is 9.91. The standard InChI is InChI=1S/C11H22.C10H18O/c1-9(2)11-6-4-5-10(3)7-8-11;1-8(2)9-4-3-5-10(11)7-6-9/h9-11H,4-8H2,1-3H3;8-9H,3-7H2,1-2H3. The van der Waals surface area contributed by atoms with Gasteiger partial charge in [0.25, 0.3) is 0 Å². The van der Waals surface area contributed by atoms with Crippen LogP contribution in [-0.4, -0.2) is 5.78 Å². The van der Waals surface area contributed by atoms with Crippen LogP contribution in [0.5, 0.6) is 0 Å². The summed E-state index contributed by atoms with van der Waals surface area (Å²) in [6, 6.07) is 0. The minimum atomic E-state index is 0.480. The lowest BCUT2D eigenvalue weighted by molar-refractivity contribution is -0.118. The van der Waals surface area contributed by atoms with Crippen LogP contribution in [0.4, 0.5) is 0 Å². The summed E-state index contributed by atoms with van der Waals surface area (Å²) in [5.74, 6) is 4.99. The Labute approximate surface area is 139 Å². The van der Waals surface area contributed by atoms with E-state index in [2.05, 4.69) is 34.6 Å². The molecule has 0 aromatic heterocycles. The summed E-state index contributed by atoms with van der Waals surface area (Å²) in [5, 5.41) is 0. The maximum atomic E-state index is 11.1. The molecule has 0 saturated heterocycles. The van der Waals surface area contributed by atoms with Gasteiger partial charge in [-0.3, -0.25) is 4.79 Å². The highest BCUT2D eigenvalue weighted by Crippen LogP contribution is 2.31. The molecule has 3 atom stereocenters. The summed E-state index contributed by atoms with van der Waals surface area (Å²) in [7, 11) is 0. The van der Waals surface area contributed by atoms with Gasteiger partial charge in [-0.15, -0.1) is 0 Å². The fraction of sp³-hybridized carbons (Fsp3) is 0.952. The molecule has 2 aliphatic rings. The third-order valence-corrected chi connectivity index (χ3v) is 6.01. The van der Waals surface area contributed by atoms with E-state index in [-0.39, 0.29) is 0 Å². The van der Waals surface area contributed by atoms with Gasteiger partial charge in [0.15, 0.2) is 0 Å². The fourth-order valence-electron chi connectivity index (χ4n) is 4.03. The Morgan fingerprint density at radius 2 is 1.32 bits per heavy atom. The molecule has 0 aromatic rings. The summed E-state index contributed by atoms with van der Waals surface area (Å²) in [4.78, 5) is 11.1. The van der Waals surface area contributed by atoms with Crippen molar-refractivity contribution < 1.29 is 4.79 Å². The monoisotopic (exact) mass is 308 g/mol. The molecule has 0 aliphatic heterocycles. The van der Waals surface area contributed by atoms with Gasteiger partial charge < -0.3 is 0 Å². The highest BCUT2D eigenvalue weighted by Gasteiger charge is 2.19. The molecule has 0 heterocycles. The van der Waals surface area contributed by atoms with E-state index in [4.69, 9.17) is 0 Å². The second-order valence-electron chi connectivity index (χ2n) is 8.59. The van der Waals surface area contributed by atoms with Crippen molar-refractivity contribution in [2.24, 2.45) is 29.6 Å². The summed E-state index contributed by atoms with van der Waals surface area (Å²) >= 11 is 0. The molecule has 130 valence electrons. The molecule has 0 aromatic carbocycles. The lowest BCUT2D eigenvalue weighted by Crippen LogP contribution is -2.07. The Bertz CT molecular complexity index is 305. The molecule has 1 heteroatoms. The Morgan fingerprint density at radius 3 is 1.95 bits per heavy atom. The van der Waals surface area contributed by atoms with Gasteiger partial charge in [-0.05, 0) is 55.3 Å². The van der Waals surface area contributed by atoms with Crippen LogP contribution in [0, 0.1) is 29.6 Å². The Balaban J connectivity index is 0.000000220. The third-order valence-electron chi connectivity index (χ3n) is 6.01. The van der Waals surface area contributed by atoms with Crippen LogP contribution in [0.15, 0.2) is 0 Å². The predicted octanol–water partition coefficient (Wildman–Crippen LogP) is 6.65. The van der Waals surface area contributed by atoms with E-state index in [1.54, 1.807) is 0 Å². The van der Waals surface area contributed by atoms with Crippen LogP contribution in [0.3, 0.4) is 0 Å². The smallest absolute Gasteiger partial charge is 0.132 e. The molecule has 1 nitrogen and oxygen atoms in total. The van der Waals surface area contributed by atoms with Crippen LogP contribution in [-0.2, 0) is 4.79 Å². The van der Waals surface area contributed by atoms with Gasteiger partial charge in [-0.2, -0.15) is 0 Å². The number of Topliss-reactive ketones (excluding diaryl/α,β-unsaturated/α-hetero) is 1. The molecule has 0 bridgehead atoms. The lowest BCUT2D eigenvalue weighted by atomic mass is 9.89. The predicted molar refractivity (Wildman–Crippen MR) is 97.0 cm³/mol. The van der Waals surface area contributed by atoms with Crippen molar-refractivity contribution in [2.45, 2.75) is 98.8 Å². The Kier molecular flexibility index (Phi) is 9.36. The first kappa shape index (κ1) is 19.7. The minimum Gasteiger partial charge on any atom is -0.300 e. The SMILES string of the molecule is CC(C)C1CCCC(=O)CC1.CC1CCCC(C(C)C)CC1. The summed E-state index contributed by atoms with van der Waals surface area (Å²) in [5.41, 5.74) is 0. The van der Waals surface area contributed by atoms with Gasteiger partial charge >= 0.3 is 0 Å². The zero-order valence-electron chi connectivity index (χ0n) is 15.9. The summed E-state index contributed by atoms with van der Waals surface area (Å²) in [6.07, 6.45) is 12.6. The number of carbonyl (C=O) groups excluding carboxylic acids is 1. The molecule has 2 rings (SSSR count). The van der Waals surface area contributed by atoms with Gasteiger partial charge in [-0.25, -0.2) is 0 Å². The molecule has 0 amide bonds. The van der Waals surface area contributed by atoms with Crippen LogP contribution in [0.25, 0.3) is 0 Å². The molecular weight excluding hydrogens is 268 g/mol. The Morgan fingerprint density at radius 1 is 0.727 bits per heavy atom. The van der Waals surface area contributed by atoms with E-state index in [1.807, 2.05) is 0 Å². The van der Waals surface area contributed by atoms with Crippen molar-refractivity contribution in [3.8, 4) is 0 Å². The number of carbonyl (C=O) groups is 1. The van der Waals surface area contributed by atoms with Crippen molar-refractivity contribution >= 4 is 5.78 Å². The first-order valence-electron chi connectivity index (χ1n) is 9.91. The molecule has 0 spiro atoms. The second-order valence-corrected chi connectivity index (χ2v) is 8.59. The van der Waals surface area contributed by atoms with Crippen molar-refractivity contribution in [3.63, 3.8) is 0 Å². The van der Waals surface area contributed by atoms with E-state index < -0.39 is 0 Å². The molecule has 0 N–H and O–H groups in total. The summed E-state index contributed by atoms with van der Waals surface area (Å²) in [6.45, 7) is 11.7. The third kappa shape index (κ3) is 7.79. The number of ketones is 1. The van der Waals surface area contributed by atoms with Crippen LogP contribution in [0.2, 0.25) is 0 Å². The van der Waals surface area contributed by atoms with E-state index >= 15 is 0 Å². The zero-order chi connectivity index (χ0) is 16.5. The normalized spacial score (nSPS) is 30.5. The molecule has 2 saturated carbocycles. The van der Waals surface area contributed by atoms with Gasteiger partial charge in [0.1, 0.15) is 5.78 Å². The van der Waals surface area contributed by atoms with Crippen LogP contribution >= 0.6 is 0 Å². The molecule has 0 radical (unpaired) electrons. The Hall–Kier alpha value is -0.330. The molecule has 2 aliphatic carbocycles. The average Bonchev–Trinajstić information content (AvgIpc) is 2.79. The van der Waals surface area contributed by atoms with Gasteiger partial charge in [-0.1, -0.05) is 60.3 Å². The topological polar surface area (TPSA) is 17.1 Å². The van der Waals surface area contributed by atoms with Gasteiger partial charge in [0.05, 0.1) is 0 Å². The van der Waals surface area contributed by atoms with Crippen molar-refractivity contribution in [1.82, 2.24) is 0 Å². The molecule has 3 unspecified atom stereocenters. The minimum absolute atomic E-state index is 0.480. The first-order chi connectivity index (χ1) is 10.4. The highest BCUT2D eigenvalue weighted by molar-refractivity contribution is 5.78. The van der Waals surface area contributed by atoms with Crippen LogP contribution in [0.1, 0.15) is 98.8 Å². The zero-order valence-corrected chi connectivity index (χ0v) is 15.9. The van der Waals surface area contributed by atoms with Crippen molar-refractivity contribution in [3.05, 3.63) is 0 Å². The lowest BCUT2D eigenvalue weighted by Gasteiger charge is -2.17. The quantitative estimate of drug-likeness (QED) is 0.522. The second kappa shape index (κ2) is 10.4. The number of hydrogen-bond donors (Lipinski definition) is 0. The van der Waals surface area contributed by atoms with Gasteiger partial charge in [0.2, 0.25) is 0 Å². The molecule has 22 heavy (non-hydrogen) atoms. The van der Waals surface area contributed by atoms with E-state index in [0.29, 0.717) is 5.78 Å². The maximum Gasteiger partial charge on any atom is 0.132 e. The van der Waals surface area contributed by atoms with E-state index in [0.717, 1.165) is 55.3 Å². The molecular formula is C21H40O. The average molecular weight is 309 g/mol. The fourth-order valence-corrected chi connectivity index (χ4v) is 4.03. The number of hydrogen-bond acceptors (Lipinski definition) is 1. The van der Waals surface area contributed by atoms with Gasteiger partial charge in [0, 0.05) is 12.8 Å². The van der Waals surface area contributed by atoms with Crippen molar-refractivity contribution in [2.75, 3.05) is 0 Å². The van der Waals surface area contributed by atoms with Crippen LogP contribution < -0.4 is 0 Å². The molecule has 2 fully saturated rings. The maximum absolute atomic E-state index is 11.1. The highest BCUT2D eigenvalue weighted by atomic mass is 16.1. The van der Waals surface area contributed by atoms with E-state index in [1.165, 1.54) is 38.5 Å². The largest absolute Gasteiger partial charge is 0.300 e.